The van der Waals surface area contributed by atoms with Crippen molar-refractivity contribution in [2.24, 2.45) is 5.92 Å². The minimum atomic E-state index is -0.775. The first-order valence-electron chi connectivity index (χ1n) is 13.1. The van der Waals surface area contributed by atoms with E-state index in [0.717, 1.165) is 47.1 Å². The van der Waals surface area contributed by atoms with Crippen molar-refractivity contribution in [1.29, 1.82) is 0 Å². The number of benzene rings is 3. The maximum Gasteiger partial charge on any atom is 0.333 e. The van der Waals surface area contributed by atoms with Crippen molar-refractivity contribution < 1.29 is 23.2 Å². The van der Waals surface area contributed by atoms with Crippen molar-refractivity contribution in [3.63, 3.8) is 0 Å². The molecule has 0 radical (unpaired) electrons. The predicted octanol–water partition coefficient (Wildman–Crippen LogP) is 6.23. The topological polar surface area (TPSA) is 55.4 Å². The highest BCUT2D eigenvalue weighted by molar-refractivity contribution is 7.17. The van der Waals surface area contributed by atoms with Crippen LogP contribution in [0, 0.1) is 11.7 Å². The van der Waals surface area contributed by atoms with Gasteiger partial charge in [-0.1, -0.05) is 54.6 Å². The fourth-order valence-electron chi connectivity index (χ4n) is 6.04. The maximum absolute atomic E-state index is 14.0. The molecule has 3 saturated heterocycles. The lowest BCUT2D eigenvalue weighted by atomic mass is 9.82. The summed E-state index contributed by atoms with van der Waals surface area (Å²) in [6.45, 7) is 2.92. The van der Waals surface area contributed by atoms with Gasteiger partial charge in [-0.2, -0.15) is 0 Å². The quantitative estimate of drug-likeness (QED) is 0.167. The number of nitrogens with zero attached hydrogens (tertiary/aromatic N) is 1. The molecule has 0 aliphatic carbocycles. The van der Waals surface area contributed by atoms with Gasteiger partial charge in [0.15, 0.2) is 12.1 Å². The van der Waals surface area contributed by atoms with Crippen LogP contribution in [0.25, 0.3) is 10.1 Å². The molecule has 2 bridgehead atoms. The third-order valence-electron chi connectivity index (χ3n) is 8.08. The molecule has 0 amide bonds. The number of quaternary nitrogens is 1. The zero-order valence-electron chi connectivity index (χ0n) is 21.0. The maximum atomic E-state index is 14.0. The number of ether oxygens (including phenoxy) is 1. The Morgan fingerprint density at radius 1 is 1.00 bits per heavy atom. The molecule has 7 heteroatoms. The Kier molecular flexibility index (Phi) is 6.72. The number of Topliss-reactive ketones (excluding diaryl/α,β-unsaturated/α-hetero) is 1. The summed E-state index contributed by atoms with van der Waals surface area (Å²) in [6.07, 6.45) is 1.61. The Morgan fingerprint density at radius 3 is 2.55 bits per heavy atom. The van der Waals surface area contributed by atoms with Gasteiger partial charge in [0, 0.05) is 40.3 Å². The van der Waals surface area contributed by atoms with E-state index in [0.29, 0.717) is 29.2 Å². The number of fused-ring (bicyclic) bond motifs is 4. The van der Waals surface area contributed by atoms with Crippen LogP contribution < -0.4 is 5.32 Å². The molecule has 3 aromatic carbocycles. The van der Waals surface area contributed by atoms with Crippen molar-refractivity contribution >= 4 is 38.9 Å². The number of halogens is 1. The summed E-state index contributed by atoms with van der Waals surface area (Å²) in [7, 11) is 0. The third kappa shape index (κ3) is 4.96. The summed E-state index contributed by atoms with van der Waals surface area (Å²) >= 11 is 1.57. The molecule has 0 saturated carbocycles. The molecule has 5 nitrogen and oxygen atoms in total. The predicted molar refractivity (Wildman–Crippen MR) is 148 cm³/mol. The number of esters is 1. The summed E-state index contributed by atoms with van der Waals surface area (Å²) in [5.41, 5.74) is 2.07. The Balaban J connectivity index is 1.24. The van der Waals surface area contributed by atoms with E-state index in [4.69, 9.17) is 4.74 Å². The molecule has 7 rings (SSSR count). The van der Waals surface area contributed by atoms with E-state index in [9.17, 15) is 14.0 Å². The number of hydrogen-bond donors (Lipinski definition) is 1. The second kappa shape index (κ2) is 10.3. The van der Waals surface area contributed by atoms with Crippen LogP contribution >= 0.6 is 11.3 Å². The van der Waals surface area contributed by atoms with E-state index in [2.05, 4.69) is 5.32 Å². The summed E-state index contributed by atoms with van der Waals surface area (Å²) < 4.78 is 22.0. The number of ketones is 1. The number of carbonyl (C=O) groups excluding carboxylic acids is 2. The van der Waals surface area contributed by atoms with Crippen molar-refractivity contribution in [2.75, 3.05) is 31.5 Å². The Bertz CT molecular complexity index is 1460. The van der Waals surface area contributed by atoms with Crippen molar-refractivity contribution in [3.8, 4) is 0 Å². The van der Waals surface area contributed by atoms with E-state index < -0.39 is 6.04 Å². The van der Waals surface area contributed by atoms with Crippen LogP contribution in [-0.2, 0) is 9.53 Å². The Labute approximate surface area is 225 Å². The lowest BCUT2D eigenvalue weighted by Crippen LogP contribution is -2.65. The van der Waals surface area contributed by atoms with Gasteiger partial charge in [-0.3, -0.25) is 4.79 Å². The lowest BCUT2D eigenvalue weighted by molar-refractivity contribution is -0.938. The molecule has 2 atom stereocenters. The van der Waals surface area contributed by atoms with Crippen LogP contribution in [0.3, 0.4) is 0 Å². The highest BCUT2D eigenvalue weighted by Crippen LogP contribution is 2.38. The fraction of sp³-hybridized carbons (Fsp3) is 0.290. The van der Waals surface area contributed by atoms with Crippen LogP contribution in [0.1, 0.15) is 34.8 Å². The molecule has 0 spiro atoms. The van der Waals surface area contributed by atoms with Crippen LogP contribution in [0.15, 0.2) is 84.2 Å². The number of nitrogens with one attached hydrogen (secondary N) is 1. The Hall–Kier alpha value is -3.55. The van der Waals surface area contributed by atoms with Gasteiger partial charge in [-0.05, 0) is 35.0 Å². The molecule has 194 valence electrons. The lowest BCUT2D eigenvalue weighted by Gasteiger charge is -2.51. The molecule has 3 aliphatic heterocycles. The summed E-state index contributed by atoms with van der Waals surface area (Å²) in [5.74, 6) is -0.320. The SMILES string of the molecule is O=C(C[N+]12CCC(CC1)[C@@H](OC(=O)C(Nc1cccc(F)c1)c1csc3ccccc13)C2)c1ccccc1. The van der Waals surface area contributed by atoms with E-state index in [-0.39, 0.29) is 23.7 Å². The van der Waals surface area contributed by atoms with Crippen molar-refractivity contribution in [3.05, 3.63) is 101 Å². The molecule has 4 aromatic rings. The normalized spacial score (nSPS) is 23.2. The first-order valence-corrected chi connectivity index (χ1v) is 14.0. The molecule has 3 aliphatic rings. The monoisotopic (exact) mass is 529 g/mol. The van der Waals surface area contributed by atoms with Gasteiger partial charge in [0.1, 0.15) is 18.9 Å². The van der Waals surface area contributed by atoms with Gasteiger partial charge in [-0.25, -0.2) is 9.18 Å². The standard InChI is InChI=1S/C31H30FN2O3S/c32-23-9-6-10-24(17-23)33-30(26-20-38-29-12-5-4-11-25(26)29)31(36)37-28-19-34(15-13-22(28)14-16-34)18-27(35)21-7-2-1-3-8-21/h1-12,17,20,22,28,30,33H,13-16,18-19H2/q+1/t22?,28-,30?,34?/m0/s1. The zero-order valence-corrected chi connectivity index (χ0v) is 21.8. The average Bonchev–Trinajstić information content (AvgIpc) is 3.36. The minimum absolute atomic E-state index is 0.131. The smallest absolute Gasteiger partial charge is 0.333 e. The highest BCUT2D eigenvalue weighted by Gasteiger charge is 2.49. The number of hydrogen-bond acceptors (Lipinski definition) is 5. The molecule has 4 heterocycles. The third-order valence-corrected chi connectivity index (χ3v) is 9.06. The van der Waals surface area contributed by atoms with Gasteiger partial charge < -0.3 is 14.5 Å². The largest absolute Gasteiger partial charge is 0.454 e. The van der Waals surface area contributed by atoms with Crippen molar-refractivity contribution in [1.82, 2.24) is 0 Å². The number of carbonyl (C=O) groups is 2. The molecule has 1 unspecified atom stereocenters. The summed E-state index contributed by atoms with van der Waals surface area (Å²) in [6, 6.07) is 22.7. The molecular formula is C31H30FN2O3S+. The number of piperidine rings is 3. The van der Waals surface area contributed by atoms with Gasteiger partial charge in [0.25, 0.3) is 0 Å². The molecule has 3 fully saturated rings. The highest BCUT2D eigenvalue weighted by atomic mass is 32.1. The number of anilines is 1. The van der Waals surface area contributed by atoms with Gasteiger partial charge in [0.2, 0.25) is 5.78 Å². The van der Waals surface area contributed by atoms with Crippen LogP contribution in [0.2, 0.25) is 0 Å². The summed E-state index contributed by atoms with van der Waals surface area (Å²) in [5, 5.41) is 6.20. The molecule has 38 heavy (non-hydrogen) atoms. The van der Waals surface area contributed by atoms with Gasteiger partial charge >= 0.3 is 5.97 Å². The van der Waals surface area contributed by atoms with E-state index in [1.54, 1.807) is 23.5 Å². The minimum Gasteiger partial charge on any atom is -0.454 e. The zero-order chi connectivity index (χ0) is 26.1. The average molecular weight is 530 g/mol. The summed E-state index contributed by atoms with van der Waals surface area (Å²) in [4.78, 5) is 26.9. The van der Waals surface area contributed by atoms with E-state index in [1.807, 2.05) is 60.0 Å². The molecule has 1 N–H and O–H groups in total. The molecule has 1 aromatic heterocycles. The number of thiophene rings is 1. The first-order chi connectivity index (χ1) is 18.5. The van der Waals surface area contributed by atoms with Crippen LogP contribution in [0.4, 0.5) is 10.1 Å². The van der Waals surface area contributed by atoms with E-state index in [1.165, 1.54) is 12.1 Å². The second-order valence-corrected chi connectivity index (χ2v) is 11.4. The second-order valence-electron chi connectivity index (χ2n) is 10.5. The van der Waals surface area contributed by atoms with Crippen LogP contribution in [0.5, 0.6) is 0 Å². The first kappa shape index (κ1) is 24.8. The van der Waals surface area contributed by atoms with E-state index >= 15 is 0 Å². The van der Waals surface area contributed by atoms with Gasteiger partial charge in [-0.15, -0.1) is 11.3 Å². The Morgan fingerprint density at radius 2 is 1.76 bits per heavy atom. The van der Waals surface area contributed by atoms with Gasteiger partial charge in [0.05, 0.1) is 13.1 Å². The fourth-order valence-corrected chi connectivity index (χ4v) is 7.03. The molecular weight excluding hydrogens is 499 g/mol. The number of rotatable bonds is 8. The van der Waals surface area contributed by atoms with Crippen molar-refractivity contribution in [2.45, 2.75) is 25.0 Å². The van der Waals surface area contributed by atoms with Crippen LogP contribution in [-0.4, -0.2) is 48.5 Å².